The van der Waals surface area contributed by atoms with Gasteiger partial charge in [-0.05, 0) is 37.0 Å². The molecule has 1 aliphatic carbocycles. The molecule has 16 heteroatoms. The molecule has 0 saturated heterocycles. The average Bonchev–Trinajstić information content (AvgIpc) is 3.07. The molecule has 1 fully saturated rings. The van der Waals surface area contributed by atoms with Gasteiger partial charge in [-0.2, -0.15) is 13.2 Å². The number of ketones is 1. The van der Waals surface area contributed by atoms with Crippen LogP contribution < -0.4 is 26.6 Å². The summed E-state index contributed by atoms with van der Waals surface area (Å²) in [5.74, 6) is -5.74. The normalized spacial score (nSPS) is 16.8. The summed E-state index contributed by atoms with van der Waals surface area (Å²) in [6, 6.07) is -4.72. The predicted octanol–water partition coefficient (Wildman–Crippen LogP) is 2.75. The lowest BCUT2D eigenvalue weighted by molar-refractivity contribution is -0.147. The number of rotatable bonds is 18. The van der Waals surface area contributed by atoms with E-state index >= 15 is 0 Å². The maximum Gasteiger partial charge on any atom is 0.405 e. The van der Waals surface area contributed by atoms with Crippen LogP contribution in [0, 0.1) is 17.8 Å². The minimum Gasteiger partial charge on any atom is -0.344 e. The molecule has 1 aliphatic rings. The number of halogens is 3. The number of hydrogen-bond donors (Lipinski definition) is 5. The van der Waals surface area contributed by atoms with Crippen LogP contribution in [0.1, 0.15) is 103 Å². The fraction of sp³-hybridized carbons (Fsp3) is 0.697. The fourth-order valence-electron chi connectivity index (χ4n) is 5.61. The third-order valence-corrected chi connectivity index (χ3v) is 8.56. The van der Waals surface area contributed by atoms with Gasteiger partial charge in [-0.3, -0.25) is 33.8 Å². The lowest BCUT2D eigenvalue weighted by Crippen LogP contribution is -2.60. The number of nitrogens with one attached hydrogen (secondary N) is 5. The van der Waals surface area contributed by atoms with Crippen molar-refractivity contribution in [3.05, 3.63) is 24.3 Å². The Hall–Kier alpha value is -4.11. The van der Waals surface area contributed by atoms with E-state index in [9.17, 15) is 41.9 Å². The molecular formula is C33H50F3N7O6. The van der Waals surface area contributed by atoms with Crippen LogP contribution in [0.15, 0.2) is 18.6 Å². The van der Waals surface area contributed by atoms with Crippen molar-refractivity contribution in [2.75, 3.05) is 6.54 Å². The third kappa shape index (κ3) is 14.1. The summed E-state index contributed by atoms with van der Waals surface area (Å²) in [5.41, 5.74) is 0.0125. The Morgan fingerprint density at radius 2 is 1.45 bits per heavy atom. The van der Waals surface area contributed by atoms with Gasteiger partial charge in [0.1, 0.15) is 30.4 Å². The number of hydrogen-bond acceptors (Lipinski definition) is 8. The summed E-state index contributed by atoms with van der Waals surface area (Å²) in [5, 5.41) is 12.1. The first-order valence-electron chi connectivity index (χ1n) is 16.9. The van der Waals surface area contributed by atoms with E-state index in [4.69, 9.17) is 0 Å². The van der Waals surface area contributed by atoms with E-state index in [-0.39, 0.29) is 36.8 Å². The van der Waals surface area contributed by atoms with Gasteiger partial charge in [0.25, 0.3) is 11.8 Å². The molecule has 1 aromatic heterocycles. The molecule has 13 nitrogen and oxygen atoms in total. The minimum absolute atomic E-state index is 0.0119. The van der Waals surface area contributed by atoms with Crippen molar-refractivity contribution in [1.82, 2.24) is 36.6 Å². The largest absolute Gasteiger partial charge is 0.405 e. The standard InChI is InChI=1S/C33H50F3N7O6/c1-6-20(5)26(43-29(46)23(15-19(3)4)41-30(47)25-17-37-13-14-38-25)31(48)42-24(16-21-11-9-8-10-12-21)28(45)40-22(7-2)27(44)32(49)39-18-33(34,35)36/h13-14,17,19-24,26H,6-12,15-16,18H2,1-5H3,(H,39,49)(H,40,45)(H,41,47)(H,42,48)(H,43,46)/t20-,22+,23+,24+,26+/m1/s1. The predicted molar refractivity (Wildman–Crippen MR) is 174 cm³/mol. The zero-order valence-corrected chi connectivity index (χ0v) is 28.8. The molecule has 2 rings (SSSR count). The lowest BCUT2D eigenvalue weighted by atomic mass is 9.84. The number of carbonyl (C=O) groups excluding carboxylic acids is 6. The second-order valence-corrected chi connectivity index (χ2v) is 13.1. The maximum atomic E-state index is 13.9. The van der Waals surface area contributed by atoms with Crippen molar-refractivity contribution in [2.24, 2.45) is 17.8 Å². The Kier molecular flexibility index (Phi) is 16.6. The van der Waals surface area contributed by atoms with Crippen LogP contribution in [0.3, 0.4) is 0 Å². The Morgan fingerprint density at radius 1 is 0.816 bits per heavy atom. The van der Waals surface area contributed by atoms with Gasteiger partial charge in [0, 0.05) is 12.4 Å². The van der Waals surface area contributed by atoms with Crippen LogP contribution in [0.2, 0.25) is 0 Å². The molecule has 49 heavy (non-hydrogen) atoms. The summed E-state index contributed by atoms with van der Waals surface area (Å²) in [7, 11) is 0. The van der Waals surface area contributed by atoms with E-state index in [0.717, 1.165) is 32.1 Å². The van der Waals surface area contributed by atoms with Gasteiger partial charge in [-0.1, -0.05) is 73.1 Å². The molecule has 1 aromatic rings. The molecule has 274 valence electrons. The van der Waals surface area contributed by atoms with Gasteiger partial charge in [-0.25, -0.2) is 4.98 Å². The molecule has 0 unspecified atom stereocenters. The number of aromatic nitrogens is 2. The Morgan fingerprint density at radius 3 is 2.00 bits per heavy atom. The Labute approximate surface area is 285 Å². The highest BCUT2D eigenvalue weighted by Crippen LogP contribution is 2.27. The van der Waals surface area contributed by atoms with Crippen LogP contribution in [0.4, 0.5) is 13.2 Å². The SMILES string of the molecule is CC[C@H](NC(=O)[C@H](CC1CCCCC1)NC(=O)[C@@H](NC(=O)[C@H](CC(C)C)NC(=O)c1cnccn1)[C@H](C)CC)C(=O)C(=O)NCC(F)(F)F. The van der Waals surface area contributed by atoms with Crippen LogP contribution in [0.25, 0.3) is 0 Å². The van der Waals surface area contributed by atoms with E-state index in [0.29, 0.717) is 6.42 Å². The van der Waals surface area contributed by atoms with Crippen molar-refractivity contribution in [3.8, 4) is 0 Å². The van der Waals surface area contributed by atoms with Gasteiger partial charge >= 0.3 is 6.18 Å². The second-order valence-electron chi connectivity index (χ2n) is 13.1. The van der Waals surface area contributed by atoms with Gasteiger partial charge in [-0.15, -0.1) is 0 Å². The Balaban J connectivity index is 2.27. The topological polar surface area (TPSA) is 188 Å². The third-order valence-electron chi connectivity index (χ3n) is 8.56. The molecule has 0 radical (unpaired) electrons. The summed E-state index contributed by atoms with van der Waals surface area (Å²) in [6.07, 6.45) is 4.66. The van der Waals surface area contributed by atoms with Crippen LogP contribution in [-0.2, 0) is 24.0 Å². The number of amides is 5. The fourth-order valence-corrected chi connectivity index (χ4v) is 5.61. The average molecular weight is 698 g/mol. The second kappa shape index (κ2) is 19.8. The molecule has 0 spiro atoms. The molecule has 5 amide bonds. The van der Waals surface area contributed by atoms with Gasteiger partial charge in [0.2, 0.25) is 23.5 Å². The monoisotopic (exact) mass is 697 g/mol. The first kappa shape index (κ1) is 41.1. The summed E-state index contributed by atoms with van der Waals surface area (Å²) in [4.78, 5) is 86.5. The molecule has 1 heterocycles. The van der Waals surface area contributed by atoms with Crippen molar-refractivity contribution in [3.63, 3.8) is 0 Å². The molecule has 0 bridgehead atoms. The van der Waals surface area contributed by atoms with E-state index in [1.807, 2.05) is 20.8 Å². The van der Waals surface area contributed by atoms with E-state index in [1.165, 1.54) is 30.8 Å². The lowest BCUT2D eigenvalue weighted by Gasteiger charge is -2.31. The highest BCUT2D eigenvalue weighted by atomic mass is 19.4. The number of nitrogens with zero attached hydrogens (tertiary/aromatic N) is 2. The van der Waals surface area contributed by atoms with Gasteiger partial charge < -0.3 is 26.6 Å². The van der Waals surface area contributed by atoms with E-state index in [1.54, 1.807) is 6.92 Å². The molecule has 5 atom stereocenters. The quantitative estimate of drug-likeness (QED) is 0.145. The summed E-state index contributed by atoms with van der Waals surface area (Å²) in [6.45, 7) is 7.10. The van der Waals surface area contributed by atoms with Crippen molar-refractivity contribution in [2.45, 2.75) is 123 Å². The molecular weight excluding hydrogens is 647 g/mol. The van der Waals surface area contributed by atoms with Crippen molar-refractivity contribution in [1.29, 1.82) is 0 Å². The van der Waals surface area contributed by atoms with E-state index < -0.39 is 78.1 Å². The van der Waals surface area contributed by atoms with Crippen LogP contribution in [-0.4, -0.2) is 82.2 Å². The number of carbonyl (C=O) groups is 6. The zero-order chi connectivity index (χ0) is 36.7. The van der Waals surface area contributed by atoms with Crippen LogP contribution >= 0.6 is 0 Å². The molecule has 5 N–H and O–H groups in total. The maximum absolute atomic E-state index is 13.9. The minimum atomic E-state index is -4.73. The number of alkyl halides is 3. The van der Waals surface area contributed by atoms with Crippen molar-refractivity contribution < 1.29 is 41.9 Å². The molecule has 0 aromatic carbocycles. The summed E-state index contributed by atoms with van der Waals surface area (Å²) < 4.78 is 37.8. The molecule has 1 saturated carbocycles. The van der Waals surface area contributed by atoms with Crippen molar-refractivity contribution >= 4 is 35.3 Å². The first-order chi connectivity index (χ1) is 23.1. The van der Waals surface area contributed by atoms with Gasteiger partial charge in [0.15, 0.2) is 0 Å². The van der Waals surface area contributed by atoms with E-state index in [2.05, 4.69) is 31.2 Å². The van der Waals surface area contributed by atoms with Gasteiger partial charge in [0.05, 0.1) is 12.2 Å². The highest BCUT2D eigenvalue weighted by molar-refractivity contribution is 6.38. The first-order valence-corrected chi connectivity index (χ1v) is 16.9. The van der Waals surface area contributed by atoms with Crippen LogP contribution in [0.5, 0.6) is 0 Å². The Bertz CT molecular complexity index is 1270. The highest BCUT2D eigenvalue weighted by Gasteiger charge is 2.36. The molecule has 0 aliphatic heterocycles. The smallest absolute Gasteiger partial charge is 0.344 e. The number of Topliss-reactive ketones (excluding diaryl/α,β-unsaturated/α-hetero) is 1. The summed E-state index contributed by atoms with van der Waals surface area (Å²) >= 11 is 0. The zero-order valence-electron chi connectivity index (χ0n) is 28.8.